The highest BCUT2D eigenvalue weighted by Gasteiger charge is 2.85. The smallest absolute Gasteiger partial charge is 0.407 e. The number of carbonyl (C=O) groups is 2. The number of aromatic nitrogens is 4. The number of nitrogens with zero attached hydrogens (tertiary/aromatic N) is 5. The lowest BCUT2D eigenvalue weighted by Crippen LogP contribution is -2.41. The van der Waals surface area contributed by atoms with E-state index in [-0.39, 0.29) is 27.7 Å². The molecule has 4 fully saturated rings. The molecule has 3 N–H and O–H groups in total. The molecular formula is C39H44ClN7O6S. The summed E-state index contributed by atoms with van der Waals surface area (Å²) >= 11 is 6.41. The van der Waals surface area contributed by atoms with Gasteiger partial charge in [0.15, 0.2) is 10.8 Å². The van der Waals surface area contributed by atoms with Gasteiger partial charge in [-0.2, -0.15) is 8.42 Å². The summed E-state index contributed by atoms with van der Waals surface area (Å²) < 4.78 is 36.3. The van der Waals surface area contributed by atoms with Crippen LogP contribution < -0.4 is 14.8 Å². The van der Waals surface area contributed by atoms with Gasteiger partial charge in [-0.15, -0.1) is 5.10 Å². The minimum Gasteiger partial charge on any atom is -0.477 e. The van der Waals surface area contributed by atoms with Crippen LogP contribution in [0.4, 0.5) is 10.6 Å². The summed E-state index contributed by atoms with van der Waals surface area (Å²) in [5.74, 6) is 1.12. The van der Waals surface area contributed by atoms with Crippen molar-refractivity contribution in [2.45, 2.75) is 81.8 Å². The number of pyridine rings is 2. The Morgan fingerprint density at radius 2 is 1.72 bits per heavy atom. The van der Waals surface area contributed by atoms with Gasteiger partial charge in [0.2, 0.25) is 5.88 Å². The van der Waals surface area contributed by atoms with Gasteiger partial charge in [-0.3, -0.25) is 4.79 Å². The zero-order chi connectivity index (χ0) is 37.9. The van der Waals surface area contributed by atoms with Crippen molar-refractivity contribution in [3.63, 3.8) is 0 Å². The Bertz CT molecular complexity index is 2170. The second-order valence-corrected chi connectivity index (χ2v) is 17.9. The number of halogens is 1. The van der Waals surface area contributed by atoms with Crippen molar-refractivity contribution >= 4 is 39.4 Å². The number of anilines is 1. The monoisotopic (exact) mass is 773 g/mol. The number of carbonyl (C=O) groups excluding carboxylic acids is 1. The minimum absolute atomic E-state index is 0.130. The molecule has 0 bridgehead atoms. The van der Waals surface area contributed by atoms with Crippen molar-refractivity contribution in [3.8, 4) is 11.7 Å². The molecule has 284 valence electrons. The first kappa shape index (κ1) is 36.3. The first-order chi connectivity index (χ1) is 25.8. The Kier molecular flexibility index (Phi) is 9.11. The second kappa shape index (κ2) is 13.6. The molecular weight excluding hydrogens is 730 g/mol. The summed E-state index contributed by atoms with van der Waals surface area (Å²) in [4.78, 5) is 35.2. The predicted molar refractivity (Wildman–Crippen MR) is 201 cm³/mol. The van der Waals surface area contributed by atoms with E-state index in [0.717, 1.165) is 30.7 Å². The predicted octanol–water partition coefficient (Wildman–Crippen LogP) is 7.11. The van der Waals surface area contributed by atoms with Gasteiger partial charge in [0.25, 0.3) is 15.9 Å². The fourth-order valence-electron chi connectivity index (χ4n) is 9.25. The molecule has 8 rings (SSSR count). The lowest BCUT2D eigenvalue weighted by Gasteiger charge is -2.28. The highest BCUT2D eigenvalue weighted by Crippen LogP contribution is 2.93. The van der Waals surface area contributed by atoms with Crippen molar-refractivity contribution in [2.75, 3.05) is 18.5 Å². The van der Waals surface area contributed by atoms with Gasteiger partial charge in [-0.05, 0) is 118 Å². The normalized spacial score (nSPS) is 20.8. The molecule has 3 saturated carbocycles. The maximum absolute atomic E-state index is 13.4. The van der Waals surface area contributed by atoms with Crippen LogP contribution in [0.3, 0.4) is 0 Å². The fraction of sp³-hybridized carbons (Fsp3) is 0.462. The molecule has 4 heterocycles. The zero-order valence-electron chi connectivity index (χ0n) is 30.2. The Labute approximate surface area is 319 Å². The molecule has 1 aromatic carbocycles. The van der Waals surface area contributed by atoms with Gasteiger partial charge >= 0.3 is 6.09 Å². The van der Waals surface area contributed by atoms with Gasteiger partial charge in [0.1, 0.15) is 11.0 Å². The standard InChI is InChI=1S/C39H44ClN7O6S/c1-37(2)23-25(24-46(37)36(49)50)11-13-28(26-7-4-3-5-8-26)41-30-9-6-10-33(42-30)54(51,52)45-35(48)27-12-14-31(43-34(27)40)47-21-15-32(44-47)53-22-16-29-38(17-18-38)39(29)19-20-39/h3-10,12,14-15,21,25,28-29H,11,13,16-20,22-24H2,1-2H3,(H,41,42)(H,45,48)(H,49,50)/t25-,28?/m0/s1. The largest absolute Gasteiger partial charge is 0.477 e. The number of amides is 2. The quantitative estimate of drug-likeness (QED) is 0.112. The molecule has 0 radical (unpaired) electrons. The number of rotatable bonds is 14. The molecule has 1 saturated heterocycles. The summed E-state index contributed by atoms with van der Waals surface area (Å²) in [7, 11) is -4.41. The number of hydrogen-bond acceptors (Lipinski definition) is 9. The third kappa shape index (κ3) is 6.89. The van der Waals surface area contributed by atoms with Gasteiger partial charge in [0, 0.05) is 24.3 Å². The molecule has 2 amide bonds. The maximum Gasteiger partial charge on any atom is 0.407 e. The molecule has 2 spiro atoms. The van der Waals surface area contributed by atoms with Crippen LogP contribution in [-0.2, 0) is 10.0 Å². The molecule has 54 heavy (non-hydrogen) atoms. The molecule has 2 atom stereocenters. The number of sulfonamides is 1. The van der Waals surface area contributed by atoms with E-state index in [9.17, 15) is 23.1 Å². The van der Waals surface area contributed by atoms with E-state index >= 15 is 0 Å². The summed E-state index contributed by atoms with van der Waals surface area (Å²) in [6.45, 7) is 4.95. The minimum atomic E-state index is -4.41. The summed E-state index contributed by atoms with van der Waals surface area (Å²) in [5.41, 5.74) is 1.67. The molecule has 1 aliphatic heterocycles. The number of nitrogens with one attached hydrogen (secondary N) is 2. The molecule has 1 unspecified atom stereocenters. The number of hydrogen-bond donors (Lipinski definition) is 3. The Balaban J connectivity index is 0.893. The summed E-state index contributed by atoms with van der Waals surface area (Å²) in [5, 5.41) is 16.9. The molecule has 3 aliphatic carbocycles. The second-order valence-electron chi connectivity index (χ2n) is 15.9. The average Bonchev–Trinajstić information content (AvgIpc) is 4.09. The SMILES string of the molecule is CC1(C)C[C@H](CCC(Nc2cccc(S(=O)(=O)NC(=O)c3ccc(-n4ccc(OCCC5C6(CC6)C56CC6)n4)nc3Cl)n2)c2ccccc2)CN1C(=O)O. The van der Waals surface area contributed by atoms with Crippen LogP contribution in [0, 0.1) is 22.7 Å². The number of fused-ring (bicyclic) bond motifs is 1. The number of likely N-dealkylation sites (tertiary alicyclic amines) is 1. The van der Waals surface area contributed by atoms with Gasteiger partial charge in [0.05, 0.1) is 18.2 Å². The van der Waals surface area contributed by atoms with Crippen molar-refractivity contribution in [1.82, 2.24) is 29.4 Å². The van der Waals surface area contributed by atoms with Crippen molar-refractivity contribution in [2.24, 2.45) is 22.7 Å². The first-order valence-corrected chi connectivity index (χ1v) is 20.4. The lowest BCUT2D eigenvalue weighted by molar-refractivity contribution is 0.0980. The van der Waals surface area contributed by atoms with Crippen LogP contribution in [0.1, 0.15) is 87.2 Å². The molecule has 13 nitrogen and oxygen atoms in total. The maximum atomic E-state index is 13.4. The Morgan fingerprint density at radius 3 is 2.39 bits per heavy atom. The van der Waals surface area contributed by atoms with E-state index in [0.29, 0.717) is 47.9 Å². The van der Waals surface area contributed by atoms with Crippen LogP contribution >= 0.6 is 11.6 Å². The van der Waals surface area contributed by atoms with Crippen LogP contribution in [0.15, 0.2) is 78.0 Å². The lowest BCUT2D eigenvalue weighted by atomic mass is 9.90. The first-order valence-electron chi connectivity index (χ1n) is 18.5. The van der Waals surface area contributed by atoms with E-state index in [2.05, 4.69) is 25.1 Å². The van der Waals surface area contributed by atoms with Gasteiger partial charge in [-0.25, -0.2) is 24.2 Å². The summed E-state index contributed by atoms with van der Waals surface area (Å²) in [6, 6.07) is 18.7. The highest BCUT2D eigenvalue weighted by molar-refractivity contribution is 7.90. The fourth-order valence-corrected chi connectivity index (χ4v) is 10.4. The number of ether oxygens (including phenoxy) is 1. The van der Waals surface area contributed by atoms with E-state index in [4.69, 9.17) is 16.3 Å². The van der Waals surface area contributed by atoms with E-state index in [1.54, 1.807) is 24.4 Å². The molecule has 4 aromatic rings. The molecule has 3 aromatic heterocycles. The third-order valence-electron chi connectivity index (χ3n) is 12.2. The zero-order valence-corrected chi connectivity index (χ0v) is 31.8. The van der Waals surface area contributed by atoms with Crippen LogP contribution in [0.2, 0.25) is 5.15 Å². The summed E-state index contributed by atoms with van der Waals surface area (Å²) in [6.07, 6.45) is 9.45. The number of carboxylic acid groups (broad SMARTS) is 1. The van der Waals surface area contributed by atoms with E-state index in [1.165, 1.54) is 53.5 Å². The van der Waals surface area contributed by atoms with Crippen LogP contribution in [0.5, 0.6) is 5.88 Å². The van der Waals surface area contributed by atoms with Gasteiger partial charge in [-0.1, -0.05) is 48.0 Å². The van der Waals surface area contributed by atoms with E-state index < -0.39 is 27.6 Å². The highest BCUT2D eigenvalue weighted by atomic mass is 35.5. The van der Waals surface area contributed by atoms with Crippen molar-refractivity contribution in [3.05, 3.63) is 89.2 Å². The Hall–Kier alpha value is -4.69. The molecule has 4 aliphatic rings. The van der Waals surface area contributed by atoms with Crippen LogP contribution in [-0.4, -0.2) is 68.9 Å². The number of benzene rings is 1. The average molecular weight is 774 g/mol. The topological polar surface area (TPSA) is 169 Å². The Morgan fingerprint density at radius 1 is 0.981 bits per heavy atom. The molecule has 15 heteroatoms. The third-order valence-corrected chi connectivity index (χ3v) is 13.7. The van der Waals surface area contributed by atoms with E-state index in [1.807, 2.05) is 44.2 Å². The van der Waals surface area contributed by atoms with Gasteiger partial charge < -0.3 is 20.1 Å². The van der Waals surface area contributed by atoms with Crippen molar-refractivity contribution < 1.29 is 27.9 Å². The van der Waals surface area contributed by atoms with Crippen molar-refractivity contribution in [1.29, 1.82) is 0 Å². The van der Waals surface area contributed by atoms with Crippen LogP contribution in [0.25, 0.3) is 5.82 Å².